The summed E-state index contributed by atoms with van der Waals surface area (Å²) in [5.74, 6) is -0.584. The number of aromatic nitrogens is 1. The van der Waals surface area contributed by atoms with Gasteiger partial charge in [-0.3, -0.25) is 15.0 Å². The molecule has 0 bridgehead atoms. The van der Waals surface area contributed by atoms with Crippen LogP contribution in [0.1, 0.15) is 23.0 Å². The van der Waals surface area contributed by atoms with E-state index in [1.165, 1.54) is 0 Å². The standard InChI is InChI=1S/C12H12N2O2/c1-2-8-3-4-9-5-6-13-11(10(9)7-8)12(15)14-16/h3-7,16H,2H2,1H3,(H,14,15). The summed E-state index contributed by atoms with van der Waals surface area (Å²) >= 11 is 0. The van der Waals surface area contributed by atoms with Crippen LogP contribution >= 0.6 is 0 Å². The number of aryl methyl sites for hydroxylation is 1. The smallest absolute Gasteiger partial charge is 0.288 e. The van der Waals surface area contributed by atoms with Crippen LogP contribution in [-0.2, 0) is 6.42 Å². The summed E-state index contributed by atoms with van der Waals surface area (Å²) in [5.41, 5.74) is 2.99. The number of hydroxylamine groups is 1. The van der Waals surface area contributed by atoms with E-state index in [4.69, 9.17) is 5.21 Å². The van der Waals surface area contributed by atoms with Gasteiger partial charge in [0.2, 0.25) is 0 Å². The zero-order valence-electron chi connectivity index (χ0n) is 8.90. The van der Waals surface area contributed by atoms with Gasteiger partial charge in [0.05, 0.1) is 0 Å². The molecule has 0 saturated heterocycles. The van der Waals surface area contributed by atoms with Gasteiger partial charge >= 0.3 is 0 Å². The number of hydrogen-bond donors (Lipinski definition) is 2. The quantitative estimate of drug-likeness (QED) is 0.595. The minimum atomic E-state index is -0.584. The van der Waals surface area contributed by atoms with E-state index in [1.807, 2.05) is 31.2 Å². The van der Waals surface area contributed by atoms with Gasteiger partial charge in [-0.15, -0.1) is 0 Å². The Bertz CT molecular complexity index is 538. The highest BCUT2D eigenvalue weighted by Crippen LogP contribution is 2.19. The molecule has 1 aromatic heterocycles. The second-order valence-corrected chi connectivity index (χ2v) is 3.51. The second kappa shape index (κ2) is 4.28. The highest BCUT2D eigenvalue weighted by molar-refractivity contribution is 6.04. The van der Waals surface area contributed by atoms with E-state index >= 15 is 0 Å². The van der Waals surface area contributed by atoms with Crippen LogP contribution in [0.3, 0.4) is 0 Å². The molecule has 0 aliphatic rings. The molecule has 82 valence electrons. The maximum absolute atomic E-state index is 11.4. The predicted octanol–water partition coefficient (Wildman–Crippen LogP) is 1.92. The number of amides is 1. The molecule has 0 radical (unpaired) electrons. The van der Waals surface area contributed by atoms with E-state index in [9.17, 15) is 4.79 Å². The average Bonchev–Trinajstić information content (AvgIpc) is 2.36. The maximum atomic E-state index is 11.4. The number of hydrogen-bond acceptors (Lipinski definition) is 3. The number of carbonyl (C=O) groups is 1. The molecule has 1 aromatic carbocycles. The Hall–Kier alpha value is -1.94. The SMILES string of the molecule is CCc1ccc2ccnc(C(=O)NO)c2c1. The summed E-state index contributed by atoms with van der Waals surface area (Å²) in [7, 11) is 0. The summed E-state index contributed by atoms with van der Waals surface area (Å²) < 4.78 is 0. The summed E-state index contributed by atoms with van der Waals surface area (Å²) in [6.45, 7) is 2.04. The molecule has 1 amide bonds. The van der Waals surface area contributed by atoms with Crippen LogP contribution < -0.4 is 5.48 Å². The highest BCUT2D eigenvalue weighted by Gasteiger charge is 2.10. The Balaban J connectivity index is 2.68. The van der Waals surface area contributed by atoms with Crippen LogP contribution in [0.25, 0.3) is 10.8 Å². The number of rotatable bonds is 2. The van der Waals surface area contributed by atoms with Gasteiger partial charge in [0.15, 0.2) is 0 Å². The fourth-order valence-electron chi connectivity index (χ4n) is 1.67. The van der Waals surface area contributed by atoms with Crippen molar-refractivity contribution in [2.24, 2.45) is 0 Å². The van der Waals surface area contributed by atoms with Crippen molar-refractivity contribution in [1.29, 1.82) is 0 Å². The van der Waals surface area contributed by atoms with E-state index < -0.39 is 5.91 Å². The van der Waals surface area contributed by atoms with Crippen molar-refractivity contribution >= 4 is 16.7 Å². The first-order valence-electron chi connectivity index (χ1n) is 5.08. The van der Waals surface area contributed by atoms with Crippen molar-refractivity contribution in [3.63, 3.8) is 0 Å². The molecule has 0 atom stereocenters. The van der Waals surface area contributed by atoms with Gasteiger partial charge < -0.3 is 0 Å². The fourth-order valence-corrected chi connectivity index (χ4v) is 1.67. The first-order chi connectivity index (χ1) is 7.76. The van der Waals surface area contributed by atoms with Gasteiger partial charge in [0, 0.05) is 11.6 Å². The minimum Gasteiger partial charge on any atom is -0.288 e. The number of nitrogens with zero attached hydrogens (tertiary/aromatic N) is 1. The lowest BCUT2D eigenvalue weighted by Gasteiger charge is -2.05. The van der Waals surface area contributed by atoms with Crippen molar-refractivity contribution in [1.82, 2.24) is 10.5 Å². The van der Waals surface area contributed by atoms with Gasteiger partial charge in [0.25, 0.3) is 5.91 Å². The third-order valence-corrected chi connectivity index (χ3v) is 2.56. The second-order valence-electron chi connectivity index (χ2n) is 3.51. The summed E-state index contributed by atoms with van der Waals surface area (Å²) in [6.07, 6.45) is 2.45. The monoisotopic (exact) mass is 216 g/mol. The van der Waals surface area contributed by atoms with Crippen LogP contribution in [-0.4, -0.2) is 16.1 Å². The van der Waals surface area contributed by atoms with E-state index in [0.29, 0.717) is 0 Å². The Morgan fingerprint density at radius 3 is 2.94 bits per heavy atom. The van der Waals surface area contributed by atoms with E-state index in [0.717, 1.165) is 22.8 Å². The number of nitrogens with one attached hydrogen (secondary N) is 1. The van der Waals surface area contributed by atoms with E-state index in [1.54, 1.807) is 11.7 Å². The normalized spacial score (nSPS) is 10.4. The van der Waals surface area contributed by atoms with Gasteiger partial charge in [-0.1, -0.05) is 19.1 Å². The van der Waals surface area contributed by atoms with E-state index in [2.05, 4.69) is 4.98 Å². The third-order valence-electron chi connectivity index (χ3n) is 2.56. The minimum absolute atomic E-state index is 0.246. The predicted molar refractivity (Wildman–Crippen MR) is 60.4 cm³/mol. The van der Waals surface area contributed by atoms with Crippen LogP contribution in [0.15, 0.2) is 30.5 Å². The maximum Gasteiger partial charge on any atom is 0.293 e. The van der Waals surface area contributed by atoms with Crippen LogP contribution in [0.4, 0.5) is 0 Å². The summed E-state index contributed by atoms with van der Waals surface area (Å²) in [6, 6.07) is 7.72. The zero-order valence-corrected chi connectivity index (χ0v) is 8.90. The largest absolute Gasteiger partial charge is 0.293 e. The number of carbonyl (C=O) groups excluding carboxylic acids is 1. The summed E-state index contributed by atoms with van der Waals surface area (Å²) in [4.78, 5) is 15.4. The van der Waals surface area contributed by atoms with Gasteiger partial charge in [0.1, 0.15) is 5.69 Å². The fraction of sp³-hybridized carbons (Fsp3) is 0.167. The molecule has 0 spiro atoms. The molecule has 1 heterocycles. The lowest BCUT2D eigenvalue weighted by molar-refractivity contribution is 0.0703. The lowest BCUT2D eigenvalue weighted by Crippen LogP contribution is -2.20. The molecule has 2 aromatic rings. The molecule has 0 aliphatic carbocycles. The molecule has 4 nitrogen and oxygen atoms in total. The Morgan fingerprint density at radius 2 is 2.25 bits per heavy atom. The van der Waals surface area contributed by atoms with Crippen molar-refractivity contribution < 1.29 is 10.0 Å². The van der Waals surface area contributed by atoms with Crippen LogP contribution in [0.2, 0.25) is 0 Å². The molecule has 0 aliphatic heterocycles. The Kier molecular flexibility index (Phi) is 2.83. The first-order valence-corrected chi connectivity index (χ1v) is 5.08. The van der Waals surface area contributed by atoms with Gasteiger partial charge in [-0.05, 0) is 29.5 Å². The Morgan fingerprint density at radius 1 is 1.44 bits per heavy atom. The average molecular weight is 216 g/mol. The van der Waals surface area contributed by atoms with Crippen molar-refractivity contribution in [2.45, 2.75) is 13.3 Å². The van der Waals surface area contributed by atoms with Crippen molar-refractivity contribution in [3.05, 3.63) is 41.7 Å². The van der Waals surface area contributed by atoms with Crippen LogP contribution in [0, 0.1) is 0 Å². The number of fused-ring (bicyclic) bond motifs is 1. The molecule has 0 fully saturated rings. The first kappa shape index (κ1) is 10.6. The molecular formula is C12H12N2O2. The van der Waals surface area contributed by atoms with Crippen molar-refractivity contribution in [3.8, 4) is 0 Å². The topological polar surface area (TPSA) is 62.2 Å². The van der Waals surface area contributed by atoms with Crippen LogP contribution in [0.5, 0.6) is 0 Å². The van der Waals surface area contributed by atoms with E-state index in [-0.39, 0.29) is 5.69 Å². The Labute approximate surface area is 92.9 Å². The van der Waals surface area contributed by atoms with Gasteiger partial charge in [-0.25, -0.2) is 5.48 Å². The van der Waals surface area contributed by atoms with Gasteiger partial charge in [-0.2, -0.15) is 0 Å². The molecule has 2 N–H and O–H groups in total. The number of benzene rings is 1. The number of pyridine rings is 1. The molecule has 0 saturated carbocycles. The molecule has 16 heavy (non-hydrogen) atoms. The molecule has 0 unspecified atom stereocenters. The lowest BCUT2D eigenvalue weighted by atomic mass is 10.0. The molecular weight excluding hydrogens is 204 g/mol. The molecule has 4 heteroatoms. The third kappa shape index (κ3) is 1.75. The molecule has 2 rings (SSSR count). The highest BCUT2D eigenvalue weighted by atomic mass is 16.5. The van der Waals surface area contributed by atoms with Crippen molar-refractivity contribution in [2.75, 3.05) is 0 Å². The zero-order chi connectivity index (χ0) is 11.5. The summed E-state index contributed by atoms with van der Waals surface area (Å²) in [5, 5.41) is 10.3.